The molecule has 0 bridgehead atoms. The molecule has 1 unspecified atom stereocenters. The highest BCUT2D eigenvalue weighted by Gasteiger charge is 2.15. The molecule has 0 saturated heterocycles. The first-order valence-electron chi connectivity index (χ1n) is 3.86. The van der Waals surface area contributed by atoms with Crippen LogP contribution in [0.5, 0.6) is 0 Å². The Bertz CT molecular complexity index is 333. The van der Waals surface area contributed by atoms with Gasteiger partial charge in [0.05, 0.1) is 12.4 Å². The Morgan fingerprint density at radius 1 is 1.50 bits per heavy atom. The Kier molecular flexibility index (Phi) is 1.57. The number of nitrogens with zero attached hydrogens (tertiary/aromatic N) is 1. The van der Waals surface area contributed by atoms with Gasteiger partial charge >= 0.3 is 0 Å². The molecule has 12 heavy (non-hydrogen) atoms. The number of hydrogen-bond donors (Lipinski definition) is 1. The summed E-state index contributed by atoms with van der Waals surface area (Å²) in [5.41, 5.74) is 1.38. The Morgan fingerprint density at radius 3 is 3.08 bits per heavy atom. The van der Waals surface area contributed by atoms with E-state index in [-0.39, 0.29) is 11.9 Å². The smallest absolute Gasteiger partial charge is 0.149 e. The molecule has 1 aromatic carbocycles. The van der Waals surface area contributed by atoms with Crippen molar-refractivity contribution in [2.24, 2.45) is 4.99 Å². The average molecular weight is 164 g/mol. The van der Waals surface area contributed by atoms with E-state index >= 15 is 0 Å². The summed E-state index contributed by atoms with van der Waals surface area (Å²) in [5.74, 6) is -0.253. The number of rotatable bonds is 0. The van der Waals surface area contributed by atoms with Crippen molar-refractivity contribution in [3.63, 3.8) is 0 Å². The molecule has 0 spiro atoms. The number of nitrogens with one attached hydrogen (secondary N) is 1. The standard InChI is InChI=1S/C9H9FN2/c1-6-7-3-2-4-8(10)9(7)12-5-11-6/h2-6H,1H3,(H,11,12). The molecular formula is C9H9FN2. The van der Waals surface area contributed by atoms with Crippen LogP contribution in [0.4, 0.5) is 10.1 Å². The van der Waals surface area contributed by atoms with Crippen LogP contribution in [-0.2, 0) is 0 Å². The third-order valence-corrected chi connectivity index (χ3v) is 2.00. The molecule has 1 aliphatic rings. The van der Waals surface area contributed by atoms with E-state index in [9.17, 15) is 4.39 Å². The first-order chi connectivity index (χ1) is 5.79. The average Bonchev–Trinajstić information content (AvgIpc) is 2.07. The second-order valence-electron chi connectivity index (χ2n) is 2.82. The van der Waals surface area contributed by atoms with Crippen molar-refractivity contribution in [3.05, 3.63) is 29.6 Å². The van der Waals surface area contributed by atoms with Gasteiger partial charge in [0.2, 0.25) is 0 Å². The van der Waals surface area contributed by atoms with E-state index in [1.807, 2.05) is 13.0 Å². The molecule has 1 heterocycles. The van der Waals surface area contributed by atoms with E-state index in [2.05, 4.69) is 10.3 Å². The molecule has 0 saturated carbocycles. The monoisotopic (exact) mass is 164 g/mol. The highest BCUT2D eigenvalue weighted by Crippen LogP contribution is 2.29. The molecule has 0 fully saturated rings. The van der Waals surface area contributed by atoms with E-state index in [4.69, 9.17) is 0 Å². The lowest BCUT2D eigenvalue weighted by Gasteiger charge is -2.18. The van der Waals surface area contributed by atoms with Crippen LogP contribution in [0.3, 0.4) is 0 Å². The first kappa shape index (κ1) is 7.28. The Balaban J connectivity index is 2.61. The van der Waals surface area contributed by atoms with Gasteiger partial charge in [-0.1, -0.05) is 12.1 Å². The molecule has 0 amide bonds. The van der Waals surface area contributed by atoms with Crippen LogP contribution in [0.15, 0.2) is 23.2 Å². The van der Waals surface area contributed by atoms with Crippen molar-refractivity contribution in [2.75, 3.05) is 0 Å². The molecule has 2 nitrogen and oxygen atoms in total. The molecule has 2 rings (SSSR count). The quantitative estimate of drug-likeness (QED) is 0.624. The molecule has 1 aliphatic heterocycles. The maximum atomic E-state index is 13.1. The van der Waals surface area contributed by atoms with Crippen LogP contribution >= 0.6 is 0 Å². The Hall–Kier alpha value is -1.38. The van der Waals surface area contributed by atoms with Crippen LogP contribution in [-0.4, -0.2) is 6.34 Å². The Morgan fingerprint density at radius 2 is 2.33 bits per heavy atom. The largest absolute Gasteiger partial charge is 0.369 e. The minimum atomic E-state index is -0.253. The van der Waals surface area contributed by atoms with Gasteiger partial charge in [-0.2, -0.15) is 0 Å². The second-order valence-corrected chi connectivity index (χ2v) is 2.82. The molecule has 0 aromatic heterocycles. The number of halogens is 1. The van der Waals surface area contributed by atoms with Crippen LogP contribution < -0.4 is 5.32 Å². The summed E-state index contributed by atoms with van der Waals surface area (Å²) in [6.45, 7) is 1.98. The van der Waals surface area contributed by atoms with Gasteiger partial charge < -0.3 is 5.32 Å². The lowest BCUT2D eigenvalue weighted by atomic mass is 10.1. The summed E-state index contributed by atoms with van der Waals surface area (Å²) in [4.78, 5) is 3.93. The minimum absolute atomic E-state index is 0.146. The summed E-state index contributed by atoms with van der Waals surface area (Å²) >= 11 is 0. The van der Waals surface area contributed by atoms with Crippen LogP contribution in [0, 0.1) is 5.82 Å². The first-order valence-corrected chi connectivity index (χ1v) is 3.86. The zero-order valence-corrected chi connectivity index (χ0v) is 6.71. The van der Waals surface area contributed by atoms with Crippen molar-refractivity contribution in [3.8, 4) is 0 Å². The van der Waals surface area contributed by atoms with E-state index in [0.29, 0.717) is 5.69 Å². The Labute approximate surface area is 70.1 Å². The lowest BCUT2D eigenvalue weighted by Crippen LogP contribution is -2.19. The topological polar surface area (TPSA) is 24.4 Å². The fourth-order valence-corrected chi connectivity index (χ4v) is 1.32. The zero-order valence-electron chi connectivity index (χ0n) is 6.71. The maximum Gasteiger partial charge on any atom is 0.149 e. The highest BCUT2D eigenvalue weighted by molar-refractivity contribution is 5.68. The van der Waals surface area contributed by atoms with Gasteiger partial charge in [0.1, 0.15) is 11.5 Å². The normalized spacial score (nSPS) is 20.0. The predicted octanol–water partition coefficient (Wildman–Crippen LogP) is 2.15. The van der Waals surface area contributed by atoms with Gasteiger partial charge in [0, 0.05) is 5.56 Å². The summed E-state index contributed by atoms with van der Waals surface area (Å²) in [6.07, 6.45) is 1.54. The van der Waals surface area contributed by atoms with Crippen molar-refractivity contribution in [2.45, 2.75) is 13.0 Å². The van der Waals surface area contributed by atoms with Gasteiger partial charge in [-0.05, 0) is 13.0 Å². The van der Waals surface area contributed by atoms with Crippen LogP contribution in [0.2, 0.25) is 0 Å². The fraction of sp³-hybridized carbons (Fsp3) is 0.222. The molecule has 1 N–H and O–H groups in total. The van der Waals surface area contributed by atoms with Gasteiger partial charge in [0.25, 0.3) is 0 Å². The summed E-state index contributed by atoms with van der Waals surface area (Å²) in [5, 5.41) is 3.01. The molecule has 1 atom stereocenters. The van der Waals surface area contributed by atoms with Gasteiger partial charge in [-0.25, -0.2) is 9.38 Å². The molecular weight excluding hydrogens is 155 g/mol. The van der Waals surface area contributed by atoms with E-state index in [1.54, 1.807) is 6.07 Å². The van der Waals surface area contributed by atoms with E-state index in [1.165, 1.54) is 12.4 Å². The molecule has 0 aliphatic carbocycles. The second kappa shape index (κ2) is 2.59. The number of fused-ring (bicyclic) bond motifs is 1. The van der Waals surface area contributed by atoms with Crippen molar-refractivity contribution in [1.29, 1.82) is 0 Å². The number of aliphatic imine (C=N–C) groups is 1. The van der Waals surface area contributed by atoms with Gasteiger partial charge in [0.15, 0.2) is 0 Å². The van der Waals surface area contributed by atoms with Crippen molar-refractivity contribution < 1.29 is 4.39 Å². The van der Waals surface area contributed by atoms with E-state index < -0.39 is 0 Å². The van der Waals surface area contributed by atoms with Gasteiger partial charge in [-0.3, -0.25) is 0 Å². The summed E-state index contributed by atoms with van der Waals surface area (Å²) < 4.78 is 13.1. The number of para-hydroxylation sites is 1. The van der Waals surface area contributed by atoms with Crippen molar-refractivity contribution in [1.82, 2.24) is 5.32 Å². The minimum Gasteiger partial charge on any atom is -0.369 e. The highest BCUT2D eigenvalue weighted by atomic mass is 19.1. The van der Waals surface area contributed by atoms with Crippen molar-refractivity contribution >= 4 is 12.0 Å². The number of hydrogen-bond acceptors (Lipinski definition) is 2. The zero-order chi connectivity index (χ0) is 8.55. The third kappa shape index (κ3) is 0.978. The third-order valence-electron chi connectivity index (χ3n) is 2.00. The molecule has 3 heteroatoms. The predicted molar refractivity (Wildman–Crippen MR) is 46.1 cm³/mol. The summed E-state index contributed by atoms with van der Waals surface area (Å²) in [7, 11) is 0. The van der Waals surface area contributed by atoms with Gasteiger partial charge in [-0.15, -0.1) is 0 Å². The van der Waals surface area contributed by atoms with Crippen LogP contribution in [0.25, 0.3) is 0 Å². The molecule has 0 radical (unpaired) electrons. The fourth-order valence-electron chi connectivity index (χ4n) is 1.32. The summed E-state index contributed by atoms with van der Waals surface area (Å²) in [6, 6.07) is 5.15. The lowest BCUT2D eigenvalue weighted by molar-refractivity contribution is 0.617. The maximum absolute atomic E-state index is 13.1. The molecule has 62 valence electrons. The number of benzene rings is 1. The SMILES string of the molecule is CC1NC=Nc2c(F)cccc21. The molecule has 1 aromatic rings. The van der Waals surface area contributed by atoms with Crippen LogP contribution in [0.1, 0.15) is 18.5 Å². The van der Waals surface area contributed by atoms with E-state index in [0.717, 1.165) is 5.56 Å².